The van der Waals surface area contributed by atoms with E-state index in [1.54, 1.807) is 12.3 Å². The molecule has 3 aromatic rings. The highest BCUT2D eigenvalue weighted by molar-refractivity contribution is 6.07. The summed E-state index contributed by atoms with van der Waals surface area (Å²) >= 11 is 0. The standard InChI is InChI=1S/C19H18FNO/c1-14(22)17-13-21(19-16(17)10-5-11-18(19)20)12-6-9-15-7-3-2-4-8-15/h2-5,7-8,10-11,13H,6,9,12H2,1H3. The van der Waals surface area contributed by atoms with Crippen LogP contribution in [0, 0.1) is 5.82 Å². The summed E-state index contributed by atoms with van der Waals surface area (Å²) in [6.07, 6.45) is 3.62. The van der Waals surface area contributed by atoms with Gasteiger partial charge in [0, 0.05) is 23.7 Å². The summed E-state index contributed by atoms with van der Waals surface area (Å²) < 4.78 is 16.0. The van der Waals surface area contributed by atoms with Crippen molar-refractivity contribution in [3.05, 3.63) is 71.7 Å². The molecule has 0 fully saturated rings. The zero-order valence-corrected chi connectivity index (χ0v) is 12.6. The van der Waals surface area contributed by atoms with Crippen molar-refractivity contribution in [2.75, 3.05) is 0 Å². The number of ketones is 1. The molecule has 0 saturated carbocycles. The van der Waals surface area contributed by atoms with Crippen LogP contribution in [0.4, 0.5) is 4.39 Å². The highest BCUT2D eigenvalue weighted by Crippen LogP contribution is 2.25. The van der Waals surface area contributed by atoms with Crippen LogP contribution in [-0.4, -0.2) is 10.4 Å². The molecule has 0 spiro atoms. The van der Waals surface area contributed by atoms with E-state index in [9.17, 15) is 9.18 Å². The number of carbonyl (C=O) groups excluding carboxylic acids is 1. The van der Waals surface area contributed by atoms with Crippen LogP contribution in [0.25, 0.3) is 10.9 Å². The van der Waals surface area contributed by atoms with Crippen LogP contribution in [0.15, 0.2) is 54.7 Å². The third kappa shape index (κ3) is 2.80. The first-order valence-electron chi connectivity index (χ1n) is 7.49. The van der Waals surface area contributed by atoms with Crippen LogP contribution >= 0.6 is 0 Å². The predicted molar refractivity (Wildman–Crippen MR) is 86.7 cm³/mol. The lowest BCUT2D eigenvalue weighted by Crippen LogP contribution is -1.99. The van der Waals surface area contributed by atoms with Crippen molar-refractivity contribution in [3.8, 4) is 0 Å². The van der Waals surface area contributed by atoms with Gasteiger partial charge < -0.3 is 4.57 Å². The van der Waals surface area contributed by atoms with Gasteiger partial charge in [0.15, 0.2) is 5.78 Å². The van der Waals surface area contributed by atoms with Gasteiger partial charge >= 0.3 is 0 Å². The van der Waals surface area contributed by atoms with Gasteiger partial charge in [-0.3, -0.25) is 4.79 Å². The Hall–Kier alpha value is -2.42. The number of nitrogens with zero attached hydrogens (tertiary/aromatic N) is 1. The summed E-state index contributed by atoms with van der Waals surface area (Å²) in [7, 11) is 0. The van der Waals surface area contributed by atoms with Crippen molar-refractivity contribution in [3.63, 3.8) is 0 Å². The molecule has 2 aromatic carbocycles. The molecule has 112 valence electrons. The number of Topliss-reactive ketones (excluding diaryl/α,β-unsaturated/α-hetero) is 1. The second-order valence-electron chi connectivity index (χ2n) is 5.52. The van der Waals surface area contributed by atoms with Crippen molar-refractivity contribution in [2.24, 2.45) is 0 Å². The molecule has 22 heavy (non-hydrogen) atoms. The smallest absolute Gasteiger partial charge is 0.161 e. The molecule has 3 heteroatoms. The molecule has 1 heterocycles. The van der Waals surface area contributed by atoms with Gasteiger partial charge in [0.25, 0.3) is 0 Å². The molecule has 0 atom stereocenters. The lowest BCUT2D eigenvalue weighted by atomic mass is 10.1. The van der Waals surface area contributed by atoms with Gasteiger partial charge in [-0.25, -0.2) is 4.39 Å². The van der Waals surface area contributed by atoms with Crippen molar-refractivity contribution in [2.45, 2.75) is 26.3 Å². The largest absolute Gasteiger partial charge is 0.344 e. The van der Waals surface area contributed by atoms with E-state index in [1.165, 1.54) is 18.6 Å². The lowest BCUT2D eigenvalue weighted by Gasteiger charge is -2.06. The van der Waals surface area contributed by atoms with Crippen molar-refractivity contribution in [1.29, 1.82) is 0 Å². The van der Waals surface area contributed by atoms with E-state index < -0.39 is 0 Å². The molecule has 0 amide bonds. The number of fused-ring (bicyclic) bond motifs is 1. The van der Waals surface area contributed by atoms with Crippen LogP contribution in [0.3, 0.4) is 0 Å². The third-order valence-corrected chi connectivity index (χ3v) is 3.94. The van der Waals surface area contributed by atoms with Gasteiger partial charge in [-0.1, -0.05) is 42.5 Å². The second kappa shape index (κ2) is 6.14. The Balaban J connectivity index is 1.86. The summed E-state index contributed by atoms with van der Waals surface area (Å²) in [5.41, 5.74) is 2.39. The molecule has 0 saturated heterocycles. The Labute approximate surface area is 129 Å². The Morgan fingerprint density at radius 2 is 1.86 bits per heavy atom. The average molecular weight is 295 g/mol. The van der Waals surface area contributed by atoms with E-state index in [4.69, 9.17) is 0 Å². The average Bonchev–Trinajstić information content (AvgIpc) is 2.89. The second-order valence-corrected chi connectivity index (χ2v) is 5.52. The highest BCUT2D eigenvalue weighted by Gasteiger charge is 2.14. The minimum Gasteiger partial charge on any atom is -0.344 e. The van der Waals surface area contributed by atoms with Gasteiger partial charge in [-0.15, -0.1) is 0 Å². The van der Waals surface area contributed by atoms with Crippen molar-refractivity contribution in [1.82, 2.24) is 4.57 Å². The van der Waals surface area contributed by atoms with Gasteiger partial charge in [0.05, 0.1) is 5.52 Å². The Kier molecular flexibility index (Phi) is 4.05. The zero-order chi connectivity index (χ0) is 15.5. The Bertz CT molecular complexity index is 805. The van der Waals surface area contributed by atoms with E-state index in [0.29, 0.717) is 23.0 Å². The minimum atomic E-state index is -0.273. The fourth-order valence-electron chi connectivity index (χ4n) is 2.87. The molecule has 0 aliphatic carbocycles. The first kappa shape index (κ1) is 14.5. The topological polar surface area (TPSA) is 22.0 Å². The van der Waals surface area contributed by atoms with Crippen molar-refractivity contribution < 1.29 is 9.18 Å². The van der Waals surface area contributed by atoms with Gasteiger partial charge in [-0.05, 0) is 31.4 Å². The summed E-state index contributed by atoms with van der Waals surface area (Å²) in [6.45, 7) is 2.22. The van der Waals surface area contributed by atoms with Crippen LogP contribution in [0.1, 0.15) is 29.3 Å². The summed E-state index contributed by atoms with van der Waals surface area (Å²) in [6, 6.07) is 15.1. The van der Waals surface area contributed by atoms with Crippen LogP contribution in [0.5, 0.6) is 0 Å². The lowest BCUT2D eigenvalue weighted by molar-refractivity contribution is 0.101. The first-order valence-corrected chi connectivity index (χ1v) is 7.49. The first-order chi connectivity index (χ1) is 10.7. The predicted octanol–water partition coefficient (Wildman–Crippen LogP) is 4.62. The third-order valence-electron chi connectivity index (χ3n) is 3.94. The molecule has 0 aliphatic rings. The summed E-state index contributed by atoms with van der Waals surface area (Å²) in [5, 5.41) is 0.701. The number of benzene rings is 2. The molecule has 0 radical (unpaired) electrons. The summed E-state index contributed by atoms with van der Waals surface area (Å²) in [4.78, 5) is 11.7. The summed E-state index contributed by atoms with van der Waals surface area (Å²) in [5.74, 6) is -0.304. The SMILES string of the molecule is CC(=O)c1cn(CCCc2ccccc2)c2c(F)cccc12. The number of aromatic nitrogens is 1. The maximum absolute atomic E-state index is 14.1. The molecule has 0 N–H and O–H groups in total. The number of carbonyl (C=O) groups is 1. The fourth-order valence-corrected chi connectivity index (χ4v) is 2.87. The van der Waals surface area contributed by atoms with E-state index in [-0.39, 0.29) is 11.6 Å². The van der Waals surface area contributed by atoms with Crippen LogP contribution in [0.2, 0.25) is 0 Å². The number of rotatable bonds is 5. The number of hydrogen-bond donors (Lipinski definition) is 0. The molecule has 1 aromatic heterocycles. The van der Waals surface area contributed by atoms with Gasteiger partial charge in [0.2, 0.25) is 0 Å². The van der Waals surface area contributed by atoms with E-state index in [2.05, 4.69) is 12.1 Å². The van der Waals surface area contributed by atoms with E-state index in [1.807, 2.05) is 28.8 Å². The molecule has 3 rings (SSSR count). The van der Waals surface area contributed by atoms with E-state index in [0.717, 1.165) is 12.8 Å². The molecular formula is C19H18FNO. The number of para-hydroxylation sites is 1. The van der Waals surface area contributed by atoms with Crippen LogP contribution < -0.4 is 0 Å². The number of hydrogen-bond acceptors (Lipinski definition) is 1. The van der Waals surface area contributed by atoms with Gasteiger partial charge in [0.1, 0.15) is 5.82 Å². The zero-order valence-electron chi connectivity index (χ0n) is 12.6. The normalized spacial score (nSPS) is 11.0. The molecule has 0 unspecified atom stereocenters. The molecule has 0 bridgehead atoms. The maximum Gasteiger partial charge on any atom is 0.161 e. The molecular weight excluding hydrogens is 277 g/mol. The Morgan fingerprint density at radius 1 is 1.09 bits per heavy atom. The maximum atomic E-state index is 14.1. The van der Waals surface area contributed by atoms with Gasteiger partial charge in [-0.2, -0.15) is 0 Å². The number of aryl methyl sites for hydroxylation is 2. The highest BCUT2D eigenvalue weighted by atomic mass is 19.1. The monoisotopic (exact) mass is 295 g/mol. The minimum absolute atomic E-state index is 0.0302. The Morgan fingerprint density at radius 3 is 2.59 bits per heavy atom. The quantitative estimate of drug-likeness (QED) is 0.630. The van der Waals surface area contributed by atoms with E-state index >= 15 is 0 Å². The number of halogens is 1. The molecule has 0 aliphatic heterocycles. The molecule has 2 nitrogen and oxygen atoms in total. The van der Waals surface area contributed by atoms with Crippen molar-refractivity contribution >= 4 is 16.7 Å². The van der Waals surface area contributed by atoms with Crippen LogP contribution in [-0.2, 0) is 13.0 Å². The fraction of sp³-hybridized carbons (Fsp3) is 0.211.